The summed E-state index contributed by atoms with van der Waals surface area (Å²) >= 11 is -2.02. The molecule has 7 nitrogen and oxygen atoms in total. The van der Waals surface area contributed by atoms with Crippen LogP contribution in [0, 0.1) is 0 Å². The fourth-order valence-electron chi connectivity index (χ4n) is 0. The molecule has 0 saturated heterocycles. The lowest BCUT2D eigenvalue weighted by molar-refractivity contribution is 0.354. The van der Waals surface area contributed by atoms with Gasteiger partial charge in [-0.05, 0) is 0 Å². The molecule has 0 amide bonds. The maximum absolute atomic E-state index is 9.23. The Morgan fingerprint density at radius 2 is 1.40 bits per heavy atom. The van der Waals surface area contributed by atoms with Crippen LogP contribution in [0.4, 0.5) is 0 Å². The van der Waals surface area contributed by atoms with Gasteiger partial charge in [0.1, 0.15) is 5.94 Å². The van der Waals surface area contributed by atoms with Crippen molar-refractivity contribution < 1.29 is 31.4 Å². The summed E-state index contributed by atoms with van der Waals surface area (Å²) in [7, 11) is -4.67. The van der Waals surface area contributed by atoms with Crippen molar-refractivity contribution in [3.05, 3.63) is 0 Å². The van der Waals surface area contributed by atoms with Crippen molar-refractivity contribution in [3.8, 4) is 0 Å². The smallest absolute Gasteiger partial charge is 0.381 e. The van der Waals surface area contributed by atoms with Crippen LogP contribution in [0.3, 0.4) is 0 Å². The summed E-state index contributed by atoms with van der Waals surface area (Å²) in [6.45, 7) is 0. The highest BCUT2D eigenvalue weighted by Gasteiger charge is 1.84. The number of hydrogen-bond acceptors (Lipinski definition) is 4. The van der Waals surface area contributed by atoms with E-state index in [1.54, 1.807) is 0 Å². The van der Waals surface area contributed by atoms with E-state index in [2.05, 4.69) is 0 Å². The third-order valence-electron chi connectivity index (χ3n) is 0.110. The molecule has 0 aliphatic heterocycles. The first-order valence-corrected chi connectivity index (χ1v) is 4.33. The Labute approximate surface area is 59.5 Å². The van der Waals surface area contributed by atoms with Gasteiger partial charge in [-0.25, -0.2) is 4.21 Å². The molecule has 0 radical (unpaired) electrons. The number of aliphatic hydroxyl groups is 1. The second-order valence-corrected chi connectivity index (χ2v) is 2.70. The predicted octanol–water partition coefficient (Wildman–Crippen LogP) is -1.49. The van der Waals surface area contributed by atoms with Gasteiger partial charge in [0.15, 0.2) is 11.1 Å². The fraction of sp³-hybridized carbons (Fsp3) is 1.00. The van der Waals surface area contributed by atoms with Crippen molar-refractivity contribution in [2.75, 3.05) is 5.94 Å². The van der Waals surface area contributed by atoms with Crippen LogP contribution in [0.2, 0.25) is 0 Å². The minimum Gasteiger partial charge on any atom is -0.381 e. The Bertz CT molecular complexity index is 170. The molecule has 9 heteroatoms. The molecule has 1 atom stereocenters. The summed E-state index contributed by atoms with van der Waals surface area (Å²) < 4.78 is 48.4. The number of hydrogen-bond donors (Lipinski definition) is 4. The molecule has 0 aromatic rings. The molecule has 0 fully saturated rings. The minimum atomic E-state index is -4.67. The van der Waals surface area contributed by atoms with Gasteiger partial charge in [0.25, 0.3) is 0 Å². The van der Waals surface area contributed by atoms with Gasteiger partial charge in [-0.15, -0.1) is 0 Å². The van der Waals surface area contributed by atoms with Crippen molar-refractivity contribution in [2.45, 2.75) is 0 Å². The van der Waals surface area contributed by atoms with E-state index in [4.69, 9.17) is 27.2 Å². The van der Waals surface area contributed by atoms with Crippen molar-refractivity contribution in [2.24, 2.45) is 0 Å². The summed E-state index contributed by atoms with van der Waals surface area (Å²) in [4.78, 5) is 0. The zero-order valence-corrected chi connectivity index (χ0v) is 6.17. The molecule has 4 N–H and O–H groups in total. The van der Waals surface area contributed by atoms with Crippen LogP contribution in [0.1, 0.15) is 0 Å². The van der Waals surface area contributed by atoms with Crippen molar-refractivity contribution in [1.29, 1.82) is 0 Å². The van der Waals surface area contributed by atoms with Crippen LogP contribution in [0.5, 0.6) is 0 Å². The zero-order chi connectivity index (χ0) is 8.78. The van der Waals surface area contributed by atoms with Crippen molar-refractivity contribution in [1.82, 2.24) is 0 Å². The fourth-order valence-corrected chi connectivity index (χ4v) is 0. The molecule has 10 heavy (non-hydrogen) atoms. The third-order valence-corrected chi connectivity index (χ3v) is 0.331. The van der Waals surface area contributed by atoms with E-state index in [1.165, 1.54) is 0 Å². The second-order valence-electron chi connectivity index (χ2n) is 0.898. The molecule has 0 rings (SSSR count). The summed E-state index contributed by atoms with van der Waals surface area (Å²) in [6, 6.07) is 0. The standard InChI is InChI=1S/CH4O3S.H2O4S/c2-1-5(3)4;1-5(2,3)4/h2H,1H2,(H,3,4);(H2,1,2,3,4). The van der Waals surface area contributed by atoms with Gasteiger partial charge < -0.3 is 9.66 Å². The lowest BCUT2D eigenvalue weighted by Crippen LogP contribution is -1.89. The summed E-state index contributed by atoms with van der Waals surface area (Å²) in [5, 5.41) is 7.59. The first kappa shape index (κ1) is 12.6. The van der Waals surface area contributed by atoms with Gasteiger partial charge in [-0.1, -0.05) is 0 Å². The Balaban J connectivity index is 0. The van der Waals surface area contributed by atoms with Crippen molar-refractivity contribution in [3.63, 3.8) is 0 Å². The molecule has 0 aromatic heterocycles. The SMILES string of the molecule is O=S(=O)(O)O.O=S(O)CO. The Hall–Kier alpha value is -0.0600. The average molecular weight is 194 g/mol. The van der Waals surface area contributed by atoms with Crippen LogP contribution < -0.4 is 0 Å². The molecule has 0 aromatic carbocycles. The molecular formula is CH6O7S2. The lowest BCUT2D eigenvalue weighted by Gasteiger charge is -1.73. The second kappa shape index (κ2) is 5.70. The van der Waals surface area contributed by atoms with Gasteiger partial charge in [0.2, 0.25) is 0 Å². The number of rotatable bonds is 1. The summed E-state index contributed by atoms with van der Waals surface area (Å²) in [5.74, 6) is -0.667. The third kappa shape index (κ3) is 102. The zero-order valence-electron chi connectivity index (χ0n) is 4.54. The van der Waals surface area contributed by atoms with E-state index in [9.17, 15) is 4.21 Å². The Morgan fingerprint density at radius 3 is 1.40 bits per heavy atom. The van der Waals surface area contributed by atoms with Gasteiger partial charge >= 0.3 is 10.4 Å². The molecule has 0 saturated carbocycles. The summed E-state index contributed by atoms with van der Waals surface area (Å²) in [5.41, 5.74) is 0. The van der Waals surface area contributed by atoms with Crippen LogP contribution >= 0.6 is 0 Å². The number of aliphatic hydroxyl groups excluding tert-OH is 1. The van der Waals surface area contributed by atoms with E-state index in [-0.39, 0.29) is 0 Å². The highest BCUT2D eigenvalue weighted by molar-refractivity contribution is 7.80. The monoisotopic (exact) mass is 194 g/mol. The van der Waals surface area contributed by atoms with Crippen LogP contribution in [-0.4, -0.2) is 37.3 Å². The maximum atomic E-state index is 9.23. The molecule has 0 aliphatic carbocycles. The molecule has 0 aliphatic rings. The van der Waals surface area contributed by atoms with E-state index in [1.807, 2.05) is 0 Å². The Morgan fingerprint density at radius 1 is 1.30 bits per heavy atom. The molecule has 0 bridgehead atoms. The molecule has 64 valence electrons. The predicted molar refractivity (Wildman–Crippen MR) is 32.0 cm³/mol. The molecular weight excluding hydrogens is 188 g/mol. The maximum Gasteiger partial charge on any atom is 0.394 e. The normalized spacial score (nSPS) is 13.2. The van der Waals surface area contributed by atoms with Crippen LogP contribution in [-0.2, 0) is 21.5 Å². The van der Waals surface area contributed by atoms with Crippen molar-refractivity contribution >= 4 is 21.5 Å². The Kier molecular flexibility index (Phi) is 7.19. The highest BCUT2D eigenvalue weighted by atomic mass is 32.3. The minimum absolute atomic E-state index is 0.667. The average Bonchev–Trinajstić information content (AvgIpc) is 1.61. The van der Waals surface area contributed by atoms with E-state index in [0.29, 0.717) is 0 Å². The first-order valence-electron chi connectivity index (χ1n) is 1.65. The summed E-state index contributed by atoms with van der Waals surface area (Å²) in [6.07, 6.45) is 0. The van der Waals surface area contributed by atoms with Gasteiger partial charge in [-0.2, -0.15) is 8.42 Å². The van der Waals surface area contributed by atoms with E-state index < -0.39 is 27.4 Å². The highest BCUT2D eigenvalue weighted by Crippen LogP contribution is 1.59. The van der Waals surface area contributed by atoms with Gasteiger partial charge in [0, 0.05) is 0 Å². The molecule has 0 heterocycles. The lowest BCUT2D eigenvalue weighted by atomic mass is 11.7. The topological polar surface area (TPSA) is 132 Å². The van der Waals surface area contributed by atoms with Crippen LogP contribution in [0.25, 0.3) is 0 Å². The van der Waals surface area contributed by atoms with E-state index >= 15 is 0 Å². The van der Waals surface area contributed by atoms with E-state index in [0.717, 1.165) is 0 Å². The van der Waals surface area contributed by atoms with Gasteiger partial charge in [-0.3, -0.25) is 9.11 Å². The quantitative estimate of drug-likeness (QED) is 0.295. The largest absolute Gasteiger partial charge is 0.394 e. The molecule has 0 spiro atoms. The molecule has 1 unspecified atom stereocenters. The van der Waals surface area contributed by atoms with Crippen LogP contribution in [0.15, 0.2) is 0 Å². The first-order chi connectivity index (χ1) is 4.27. The van der Waals surface area contributed by atoms with Gasteiger partial charge in [0.05, 0.1) is 0 Å².